The smallest absolute Gasteiger partial charge is 0.226 e. The van der Waals surface area contributed by atoms with Crippen LogP contribution in [0.4, 0.5) is 0 Å². The van der Waals surface area contributed by atoms with Crippen LogP contribution in [0.15, 0.2) is 40.9 Å². The highest BCUT2D eigenvalue weighted by Gasteiger charge is 2.13. The minimum Gasteiger partial charge on any atom is -0.424 e. The molecule has 27 heavy (non-hydrogen) atoms. The van der Waals surface area contributed by atoms with Crippen LogP contribution in [-0.4, -0.2) is 26.1 Å². The highest BCUT2D eigenvalue weighted by atomic mass is 32.1. The maximum Gasteiger partial charge on any atom is 0.226 e. The minimum atomic E-state index is -0.519. The summed E-state index contributed by atoms with van der Waals surface area (Å²) in [6.45, 7) is 0. The number of rotatable bonds is 5. The molecular formula is C18H12N6O2S. The zero-order valence-corrected chi connectivity index (χ0v) is 14.7. The Hall–Kier alpha value is -3.64. The van der Waals surface area contributed by atoms with E-state index >= 15 is 0 Å². The van der Waals surface area contributed by atoms with Crippen molar-refractivity contribution in [2.45, 2.75) is 12.8 Å². The number of benzene rings is 1. The molecule has 0 saturated carbocycles. The average molecular weight is 376 g/mol. The van der Waals surface area contributed by atoms with Gasteiger partial charge in [0.25, 0.3) is 0 Å². The van der Waals surface area contributed by atoms with Crippen LogP contribution in [0.5, 0.6) is 0 Å². The van der Waals surface area contributed by atoms with E-state index in [4.69, 9.17) is 15.4 Å². The molecule has 3 heterocycles. The van der Waals surface area contributed by atoms with Gasteiger partial charge in [0.1, 0.15) is 17.5 Å². The van der Waals surface area contributed by atoms with Gasteiger partial charge < -0.3 is 10.2 Å². The van der Waals surface area contributed by atoms with Gasteiger partial charge in [-0.05, 0) is 24.3 Å². The molecule has 0 saturated heterocycles. The SMILES string of the molecule is N#Cc1ccc(-c2ccc3nc(Cc4nnc(CC(N)=O)o4)sc3c2)nc1. The molecule has 1 amide bonds. The number of hydrogen-bond acceptors (Lipinski definition) is 8. The van der Waals surface area contributed by atoms with Crippen molar-refractivity contribution < 1.29 is 9.21 Å². The molecular weight excluding hydrogens is 364 g/mol. The Balaban J connectivity index is 1.58. The van der Waals surface area contributed by atoms with E-state index in [1.54, 1.807) is 12.3 Å². The predicted octanol–water partition coefficient (Wildman–Crippen LogP) is 2.23. The number of amides is 1. The monoisotopic (exact) mass is 376 g/mol. The number of nitrogens with two attached hydrogens (primary N) is 1. The summed E-state index contributed by atoms with van der Waals surface area (Å²) in [7, 11) is 0. The number of primary amides is 1. The number of nitrogens with zero attached hydrogens (tertiary/aromatic N) is 5. The normalized spacial score (nSPS) is 10.8. The second-order valence-electron chi connectivity index (χ2n) is 5.74. The van der Waals surface area contributed by atoms with Crippen molar-refractivity contribution in [3.63, 3.8) is 0 Å². The summed E-state index contributed by atoms with van der Waals surface area (Å²) < 4.78 is 6.42. The number of thiazole rings is 1. The number of carbonyl (C=O) groups is 1. The topological polar surface area (TPSA) is 132 Å². The van der Waals surface area contributed by atoms with Gasteiger partial charge in [0.05, 0.1) is 27.9 Å². The molecule has 0 radical (unpaired) electrons. The van der Waals surface area contributed by atoms with E-state index in [-0.39, 0.29) is 12.3 Å². The Labute approximate surface area is 157 Å². The lowest BCUT2D eigenvalue weighted by Gasteiger charge is -2.00. The second kappa shape index (κ2) is 6.93. The van der Waals surface area contributed by atoms with Gasteiger partial charge in [0.2, 0.25) is 17.7 Å². The van der Waals surface area contributed by atoms with Crippen molar-refractivity contribution in [3.8, 4) is 17.3 Å². The van der Waals surface area contributed by atoms with Crippen LogP contribution in [0.2, 0.25) is 0 Å². The molecule has 0 bridgehead atoms. The summed E-state index contributed by atoms with van der Waals surface area (Å²) in [4.78, 5) is 19.8. The maximum atomic E-state index is 10.9. The van der Waals surface area contributed by atoms with Crippen molar-refractivity contribution in [1.29, 1.82) is 5.26 Å². The molecule has 4 aromatic rings. The zero-order chi connectivity index (χ0) is 18.8. The van der Waals surface area contributed by atoms with E-state index in [1.165, 1.54) is 11.3 Å². The molecule has 8 nitrogen and oxygen atoms in total. The minimum absolute atomic E-state index is 0.0756. The van der Waals surface area contributed by atoms with Crippen LogP contribution in [0.3, 0.4) is 0 Å². The summed E-state index contributed by atoms with van der Waals surface area (Å²) >= 11 is 1.52. The van der Waals surface area contributed by atoms with Crippen molar-refractivity contribution >= 4 is 27.5 Å². The predicted molar refractivity (Wildman–Crippen MR) is 97.6 cm³/mol. The highest BCUT2D eigenvalue weighted by molar-refractivity contribution is 7.18. The van der Waals surface area contributed by atoms with E-state index in [1.807, 2.05) is 24.3 Å². The van der Waals surface area contributed by atoms with E-state index in [0.29, 0.717) is 17.9 Å². The third-order valence-electron chi connectivity index (χ3n) is 3.76. The second-order valence-corrected chi connectivity index (χ2v) is 6.86. The van der Waals surface area contributed by atoms with E-state index in [9.17, 15) is 4.79 Å². The van der Waals surface area contributed by atoms with Crippen LogP contribution in [0, 0.1) is 11.3 Å². The number of carbonyl (C=O) groups excluding carboxylic acids is 1. The van der Waals surface area contributed by atoms with Crippen molar-refractivity contribution in [2.24, 2.45) is 5.73 Å². The summed E-state index contributed by atoms with van der Waals surface area (Å²) in [5.74, 6) is 0.0706. The first kappa shape index (κ1) is 16.8. The Morgan fingerprint density at radius 1 is 1.22 bits per heavy atom. The molecule has 0 aliphatic heterocycles. The first-order valence-corrected chi connectivity index (χ1v) is 8.78. The van der Waals surface area contributed by atoms with Gasteiger partial charge in [-0.15, -0.1) is 21.5 Å². The largest absolute Gasteiger partial charge is 0.424 e. The molecule has 0 unspecified atom stereocenters. The lowest BCUT2D eigenvalue weighted by Crippen LogP contribution is -2.13. The average Bonchev–Trinajstić information content (AvgIpc) is 3.27. The van der Waals surface area contributed by atoms with Gasteiger partial charge >= 0.3 is 0 Å². The molecule has 0 fully saturated rings. The van der Waals surface area contributed by atoms with E-state index in [0.717, 1.165) is 26.5 Å². The summed E-state index contributed by atoms with van der Waals surface area (Å²) in [5.41, 5.74) is 8.24. The maximum absolute atomic E-state index is 10.9. The fraction of sp³-hybridized carbons (Fsp3) is 0.111. The molecule has 1 aromatic carbocycles. The van der Waals surface area contributed by atoms with Crippen LogP contribution in [0.1, 0.15) is 22.4 Å². The number of hydrogen-bond donors (Lipinski definition) is 1. The molecule has 2 N–H and O–H groups in total. The van der Waals surface area contributed by atoms with Crippen LogP contribution >= 0.6 is 11.3 Å². The number of pyridine rings is 1. The third kappa shape index (κ3) is 3.65. The highest BCUT2D eigenvalue weighted by Crippen LogP contribution is 2.28. The fourth-order valence-electron chi connectivity index (χ4n) is 2.55. The zero-order valence-electron chi connectivity index (χ0n) is 13.9. The molecule has 0 aliphatic carbocycles. The van der Waals surface area contributed by atoms with Crippen molar-refractivity contribution in [2.75, 3.05) is 0 Å². The van der Waals surface area contributed by atoms with Crippen LogP contribution in [-0.2, 0) is 17.6 Å². The lowest BCUT2D eigenvalue weighted by atomic mass is 10.1. The van der Waals surface area contributed by atoms with Gasteiger partial charge in [-0.25, -0.2) is 4.98 Å². The Morgan fingerprint density at radius 2 is 2.07 bits per heavy atom. The third-order valence-corrected chi connectivity index (χ3v) is 4.78. The summed E-state index contributed by atoms with van der Waals surface area (Å²) in [5, 5.41) is 17.4. The first-order valence-electron chi connectivity index (χ1n) is 7.96. The van der Waals surface area contributed by atoms with Crippen molar-refractivity contribution in [3.05, 3.63) is 58.9 Å². The summed E-state index contributed by atoms with van der Waals surface area (Å²) in [6, 6.07) is 11.5. The van der Waals surface area contributed by atoms with Crippen LogP contribution < -0.4 is 5.73 Å². The number of nitriles is 1. The summed E-state index contributed by atoms with van der Waals surface area (Å²) in [6.07, 6.45) is 1.86. The number of aromatic nitrogens is 4. The molecule has 9 heteroatoms. The molecule has 0 atom stereocenters. The Kier molecular flexibility index (Phi) is 4.32. The van der Waals surface area contributed by atoms with E-state index < -0.39 is 5.91 Å². The van der Waals surface area contributed by atoms with Crippen molar-refractivity contribution in [1.82, 2.24) is 20.2 Å². The van der Waals surface area contributed by atoms with Crippen LogP contribution in [0.25, 0.3) is 21.5 Å². The fourth-order valence-corrected chi connectivity index (χ4v) is 3.55. The van der Waals surface area contributed by atoms with Gasteiger partial charge in [-0.3, -0.25) is 9.78 Å². The van der Waals surface area contributed by atoms with Gasteiger partial charge in [0.15, 0.2) is 0 Å². The molecule has 3 aromatic heterocycles. The number of fused-ring (bicyclic) bond motifs is 1. The molecule has 0 spiro atoms. The molecule has 0 aliphatic rings. The molecule has 132 valence electrons. The Bertz CT molecular complexity index is 1170. The standard InChI is InChI=1S/C18H12N6O2S/c19-8-10-1-3-12(21-9-10)11-2-4-13-14(5-11)27-18(22-13)7-17-24-23-16(26-17)6-15(20)25/h1-5,9H,6-7H2,(H2,20,25). The first-order chi connectivity index (χ1) is 13.1. The quantitative estimate of drug-likeness (QED) is 0.565. The Morgan fingerprint density at radius 3 is 2.81 bits per heavy atom. The molecule has 4 rings (SSSR count). The van der Waals surface area contributed by atoms with E-state index in [2.05, 4.69) is 26.2 Å². The van der Waals surface area contributed by atoms with Gasteiger partial charge in [-0.2, -0.15) is 5.26 Å². The van der Waals surface area contributed by atoms with Gasteiger partial charge in [0, 0.05) is 11.8 Å². The van der Waals surface area contributed by atoms with Gasteiger partial charge in [-0.1, -0.05) is 6.07 Å². The lowest BCUT2D eigenvalue weighted by molar-refractivity contribution is -0.117.